The van der Waals surface area contributed by atoms with Crippen LogP contribution in [0.2, 0.25) is 0 Å². The lowest BCUT2D eigenvalue weighted by Gasteiger charge is -2.30. The Balaban J connectivity index is 1.84. The Kier molecular flexibility index (Phi) is 4.36. The van der Waals surface area contributed by atoms with E-state index in [0.717, 1.165) is 34.3 Å². The van der Waals surface area contributed by atoms with Crippen LogP contribution in [0.15, 0.2) is 85.2 Å². The van der Waals surface area contributed by atoms with Gasteiger partial charge in [0, 0.05) is 23.1 Å². The zero-order chi connectivity index (χ0) is 18.9. The molecule has 1 unspecified atom stereocenters. The van der Waals surface area contributed by atoms with Crippen molar-refractivity contribution in [1.82, 2.24) is 9.38 Å². The Hall–Kier alpha value is -3.20. The molecule has 0 spiro atoms. The summed E-state index contributed by atoms with van der Waals surface area (Å²) in [6.07, 6.45) is 5.00. The van der Waals surface area contributed by atoms with Gasteiger partial charge in [-0.25, -0.2) is 4.98 Å². The third-order valence-electron chi connectivity index (χ3n) is 5.10. The molecule has 1 atom stereocenters. The molecule has 2 heterocycles. The van der Waals surface area contributed by atoms with Crippen LogP contribution in [0, 0.1) is 5.41 Å². The van der Waals surface area contributed by atoms with Crippen molar-refractivity contribution in [1.29, 1.82) is 0 Å². The number of aromatic nitrogens is 2. The molecule has 27 heavy (non-hydrogen) atoms. The zero-order valence-electron chi connectivity index (χ0n) is 15.5. The highest BCUT2D eigenvalue weighted by Crippen LogP contribution is 2.40. The summed E-state index contributed by atoms with van der Waals surface area (Å²) in [4.78, 5) is 16.5. The molecule has 0 bridgehead atoms. The molecule has 2 aromatic carbocycles. The van der Waals surface area contributed by atoms with Crippen molar-refractivity contribution in [3.05, 3.63) is 96.3 Å². The smallest absolute Gasteiger partial charge is 0.144 e. The van der Waals surface area contributed by atoms with Crippen LogP contribution >= 0.6 is 0 Å². The van der Waals surface area contributed by atoms with Crippen LogP contribution in [-0.2, 0) is 4.79 Å². The van der Waals surface area contributed by atoms with Crippen molar-refractivity contribution < 1.29 is 4.79 Å². The Bertz CT molecular complexity index is 1070. The van der Waals surface area contributed by atoms with Crippen molar-refractivity contribution in [2.75, 3.05) is 0 Å². The SMILES string of the molecule is CC(C)(C=O)C(c1ccccc1)c1ccn2c(-c3ccccc3)ncc2c1. The van der Waals surface area contributed by atoms with Crippen molar-refractivity contribution >= 4 is 11.8 Å². The highest BCUT2D eigenvalue weighted by atomic mass is 16.1. The summed E-state index contributed by atoms with van der Waals surface area (Å²) in [5.74, 6) is 0.902. The number of rotatable bonds is 5. The molecule has 0 aliphatic heterocycles. The number of carbonyl (C=O) groups excluding carboxylic acids is 1. The van der Waals surface area contributed by atoms with Gasteiger partial charge in [0.1, 0.15) is 12.1 Å². The molecule has 3 heteroatoms. The number of nitrogens with zero attached hydrogens (tertiary/aromatic N) is 2. The fourth-order valence-electron chi connectivity index (χ4n) is 3.76. The van der Waals surface area contributed by atoms with Gasteiger partial charge in [0.05, 0.1) is 11.7 Å². The highest BCUT2D eigenvalue weighted by Gasteiger charge is 2.32. The molecule has 0 N–H and O–H groups in total. The average Bonchev–Trinajstić information content (AvgIpc) is 3.13. The van der Waals surface area contributed by atoms with Gasteiger partial charge in [0.25, 0.3) is 0 Å². The van der Waals surface area contributed by atoms with Crippen LogP contribution in [0.3, 0.4) is 0 Å². The second-order valence-corrected chi connectivity index (χ2v) is 7.49. The van der Waals surface area contributed by atoms with E-state index in [2.05, 4.69) is 52.0 Å². The summed E-state index contributed by atoms with van der Waals surface area (Å²) >= 11 is 0. The van der Waals surface area contributed by atoms with Crippen molar-refractivity contribution in [3.8, 4) is 11.4 Å². The van der Waals surface area contributed by atoms with E-state index < -0.39 is 5.41 Å². The molecule has 4 rings (SSSR count). The lowest BCUT2D eigenvalue weighted by atomic mass is 9.72. The van der Waals surface area contributed by atoms with Crippen LogP contribution in [0.25, 0.3) is 16.9 Å². The maximum atomic E-state index is 11.8. The quantitative estimate of drug-likeness (QED) is 0.452. The number of benzene rings is 2. The predicted molar refractivity (Wildman–Crippen MR) is 109 cm³/mol. The number of imidazole rings is 1. The summed E-state index contributed by atoms with van der Waals surface area (Å²) in [5, 5.41) is 0. The summed E-state index contributed by atoms with van der Waals surface area (Å²) < 4.78 is 2.09. The van der Waals surface area contributed by atoms with Gasteiger partial charge in [-0.3, -0.25) is 4.40 Å². The topological polar surface area (TPSA) is 34.4 Å². The van der Waals surface area contributed by atoms with E-state index in [1.165, 1.54) is 0 Å². The van der Waals surface area contributed by atoms with E-state index in [0.29, 0.717) is 0 Å². The van der Waals surface area contributed by atoms with E-state index in [1.807, 2.05) is 56.4 Å². The van der Waals surface area contributed by atoms with Gasteiger partial charge in [-0.2, -0.15) is 0 Å². The summed E-state index contributed by atoms with van der Waals surface area (Å²) in [5.41, 5.74) is 3.85. The summed E-state index contributed by atoms with van der Waals surface area (Å²) in [6.45, 7) is 3.99. The fourth-order valence-corrected chi connectivity index (χ4v) is 3.76. The number of hydrogen-bond acceptors (Lipinski definition) is 2. The fraction of sp³-hybridized carbons (Fsp3) is 0.167. The summed E-state index contributed by atoms with van der Waals surface area (Å²) in [6, 6.07) is 24.6. The minimum Gasteiger partial charge on any atom is -0.303 e. The minimum absolute atomic E-state index is 0.0173. The maximum absolute atomic E-state index is 11.8. The largest absolute Gasteiger partial charge is 0.303 e. The number of carbonyl (C=O) groups is 1. The van der Waals surface area contributed by atoms with Crippen LogP contribution in [0.4, 0.5) is 0 Å². The molecule has 0 aliphatic rings. The number of pyridine rings is 1. The van der Waals surface area contributed by atoms with Crippen LogP contribution in [0.5, 0.6) is 0 Å². The molecular weight excluding hydrogens is 332 g/mol. The lowest BCUT2D eigenvalue weighted by Crippen LogP contribution is -2.25. The molecule has 0 saturated carbocycles. The van der Waals surface area contributed by atoms with Gasteiger partial charge in [0.2, 0.25) is 0 Å². The van der Waals surface area contributed by atoms with Crippen LogP contribution < -0.4 is 0 Å². The molecule has 0 aliphatic carbocycles. The van der Waals surface area contributed by atoms with E-state index >= 15 is 0 Å². The van der Waals surface area contributed by atoms with E-state index in [1.54, 1.807) is 0 Å². The normalized spacial score (nSPS) is 12.8. The molecule has 0 amide bonds. The van der Waals surface area contributed by atoms with Crippen LogP contribution in [-0.4, -0.2) is 15.7 Å². The van der Waals surface area contributed by atoms with E-state index in [4.69, 9.17) is 0 Å². The van der Waals surface area contributed by atoms with Gasteiger partial charge in [-0.1, -0.05) is 74.5 Å². The first kappa shape index (κ1) is 17.2. The predicted octanol–water partition coefficient (Wildman–Crippen LogP) is 5.36. The van der Waals surface area contributed by atoms with Crippen LogP contribution in [0.1, 0.15) is 30.9 Å². The first-order valence-electron chi connectivity index (χ1n) is 9.14. The van der Waals surface area contributed by atoms with Crippen molar-refractivity contribution in [3.63, 3.8) is 0 Å². The Labute approximate surface area is 159 Å². The first-order valence-corrected chi connectivity index (χ1v) is 9.14. The molecular formula is C24H22N2O. The van der Waals surface area contributed by atoms with Crippen molar-refractivity contribution in [2.24, 2.45) is 5.41 Å². The third-order valence-corrected chi connectivity index (χ3v) is 5.10. The number of hydrogen-bond donors (Lipinski definition) is 0. The molecule has 3 nitrogen and oxygen atoms in total. The van der Waals surface area contributed by atoms with Gasteiger partial charge < -0.3 is 4.79 Å². The molecule has 0 radical (unpaired) electrons. The zero-order valence-corrected chi connectivity index (χ0v) is 15.5. The highest BCUT2D eigenvalue weighted by molar-refractivity contribution is 5.66. The Morgan fingerprint density at radius 2 is 1.59 bits per heavy atom. The second-order valence-electron chi connectivity index (χ2n) is 7.49. The van der Waals surface area contributed by atoms with Gasteiger partial charge >= 0.3 is 0 Å². The molecule has 2 aromatic heterocycles. The van der Waals surface area contributed by atoms with E-state index in [-0.39, 0.29) is 5.92 Å². The second kappa shape index (κ2) is 6.84. The number of fused-ring (bicyclic) bond motifs is 1. The monoisotopic (exact) mass is 354 g/mol. The van der Waals surface area contributed by atoms with Gasteiger partial charge in [-0.15, -0.1) is 0 Å². The molecule has 4 aromatic rings. The Morgan fingerprint density at radius 1 is 0.926 bits per heavy atom. The number of aldehydes is 1. The Morgan fingerprint density at radius 3 is 2.26 bits per heavy atom. The van der Waals surface area contributed by atoms with E-state index in [9.17, 15) is 4.79 Å². The lowest BCUT2D eigenvalue weighted by molar-refractivity contribution is -0.115. The molecule has 0 fully saturated rings. The van der Waals surface area contributed by atoms with Gasteiger partial charge in [0.15, 0.2) is 0 Å². The van der Waals surface area contributed by atoms with Crippen molar-refractivity contribution in [2.45, 2.75) is 19.8 Å². The third kappa shape index (κ3) is 3.17. The van der Waals surface area contributed by atoms with Gasteiger partial charge in [-0.05, 0) is 23.3 Å². The summed E-state index contributed by atoms with van der Waals surface area (Å²) in [7, 11) is 0. The average molecular weight is 354 g/mol. The standard InChI is InChI=1S/C24H22N2O/c1-24(2,17-27)22(18-9-5-3-6-10-18)20-13-14-26-21(15-20)16-25-23(26)19-11-7-4-8-12-19/h3-17,22H,1-2H3. The molecule has 134 valence electrons. The minimum atomic E-state index is -0.512. The first-order chi connectivity index (χ1) is 13.1. The maximum Gasteiger partial charge on any atom is 0.144 e. The molecule has 0 saturated heterocycles.